The van der Waals surface area contributed by atoms with Crippen LogP contribution in [-0.2, 0) is 20.1 Å². The zero-order valence-corrected chi connectivity index (χ0v) is 20.0. The van der Waals surface area contributed by atoms with Gasteiger partial charge in [0.25, 0.3) is 5.56 Å². The highest BCUT2D eigenvalue weighted by molar-refractivity contribution is 5.75. The standard InChI is InChI=1S/C24H28N8O2/c1-6-7-13-31-19-20(28-22(31)29(4)15-24(2,3)25)30(5)23(34)32(21(19)33)14-16-10-11-17-18(27-16)9-8-12-26-17/h8-12H,13-15,25H2,1-5H3. The minimum atomic E-state index is -0.489. The molecule has 0 unspecified atom stereocenters. The Morgan fingerprint density at radius 3 is 2.59 bits per heavy atom. The maximum absolute atomic E-state index is 13.6. The smallest absolute Gasteiger partial charge is 0.332 e. The van der Waals surface area contributed by atoms with Crippen molar-refractivity contribution in [3.05, 3.63) is 57.0 Å². The van der Waals surface area contributed by atoms with Crippen LogP contribution in [-0.4, -0.2) is 47.8 Å². The van der Waals surface area contributed by atoms with Gasteiger partial charge in [-0.25, -0.2) is 9.78 Å². The highest BCUT2D eigenvalue weighted by Gasteiger charge is 2.24. The van der Waals surface area contributed by atoms with E-state index < -0.39 is 16.8 Å². The van der Waals surface area contributed by atoms with E-state index in [1.54, 1.807) is 36.9 Å². The number of likely N-dealkylation sites (N-methyl/N-ethyl adjacent to an activating group) is 1. The molecule has 4 rings (SSSR count). The van der Waals surface area contributed by atoms with Crippen LogP contribution in [0.4, 0.5) is 5.95 Å². The molecule has 4 aromatic heterocycles. The zero-order valence-electron chi connectivity index (χ0n) is 20.0. The summed E-state index contributed by atoms with van der Waals surface area (Å²) in [5, 5.41) is 0. The van der Waals surface area contributed by atoms with Crippen molar-refractivity contribution in [3.8, 4) is 11.8 Å². The molecule has 0 atom stereocenters. The molecule has 0 fully saturated rings. The van der Waals surface area contributed by atoms with Crippen molar-refractivity contribution < 1.29 is 0 Å². The minimum absolute atomic E-state index is 0.0257. The third-order valence-electron chi connectivity index (χ3n) is 5.45. The lowest BCUT2D eigenvalue weighted by Crippen LogP contribution is -2.44. The van der Waals surface area contributed by atoms with Crippen LogP contribution in [0.1, 0.15) is 26.5 Å². The maximum atomic E-state index is 13.6. The summed E-state index contributed by atoms with van der Waals surface area (Å²) in [5.74, 6) is 6.40. The van der Waals surface area contributed by atoms with E-state index >= 15 is 0 Å². The minimum Gasteiger partial charge on any atom is -0.343 e. The van der Waals surface area contributed by atoms with Gasteiger partial charge in [0, 0.05) is 32.4 Å². The molecule has 0 aromatic carbocycles. The first-order valence-corrected chi connectivity index (χ1v) is 10.9. The molecule has 0 saturated heterocycles. The van der Waals surface area contributed by atoms with Crippen molar-refractivity contribution in [2.75, 3.05) is 18.5 Å². The third kappa shape index (κ3) is 4.30. The van der Waals surface area contributed by atoms with Crippen LogP contribution in [0.5, 0.6) is 0 Å². The van der Waals surface area contributed by atoms with Gasteiger partial charge in [0.05, 0.1) is 29.8 Å². The quantitative estimate of drug-likeness (QED) is 0.428. The predicted octanol–water partition coefficient (Wildman–Crippen LogP) is 1.08. The summed E-state index contributed by atoms with van der Waals surface area (Å²) in [7, 11) is 3.47. The van der Waals surface area contributed by atoms with E-state index in [1.807, 2.05) is 37.9 Å². The van der Waals surface area contributed by atoms with Gasteiger partial charge in [-0.2, -0.15) is 4.98 Å². The molecule has 0 aliphatic rings. The monoisotopic (exact) mass is 460 g/mol. The number of aryl methyl sites for hydroxylation is 1. The molecular formula is C24H28N8O2. The lowest BCUT2D eigenvalue weighted by Gasteiger charge is -2.27. The summed E-state index contributed by atoms with van der Waals surface area (Å²) in [6.07, 6.45) is 1.69. The molecule has 0 bridgehead atoms. The van der Waals surface area contributed by atoms with Gasteiger partial charge in [0.1, 0.15) is 0 Å². The van der Waals surface area contributed by atoms with Crippen LogP contribution in [0.2, 0.25) is 0 Å². The van der Waals surface area contributed by atoms with E-state index in [0.29, 0.717) is 34.9 Å². The number of imidazole rings is 1. The van der Waals surface area contributed by atoms with Gasteiger partial charge in [0.2, 0.25) is 5.95 Å². The normalized spacial score (nSPS) is 11.6. The molecule has 0 saturated carbocycles. The summed E-state index contributed by atoms with van der Waals surface area (Å²) in [5.41, 5.74) is 7.45. The van der Waals surface area contributed by atoms with Crippen LogP contribution >= 0.6 is 0 Å². The van der Waals surface area contributed by atoms with Crippen molar-refractivity contribution >= 4 is 28.1 Å². The maximum Gasteiger partial charge on any atom is 0.332 e. The number of fused-ring (bicyclic) bond motifs is 2. The van der Waals surface area contributed by atoms with E-state index in [0.717, 1.165) is 5.52 Å². The number of hydrogen-bond donors (Lipinski definition) is 1. The molecule has 10 heteroatoms. The van der Waals surface area contributed by atoms with Crippen molar-refractivity contribution in [2.45, 2.75) is 39.4 Å². The molecule has 4 heterocycles. The van der Waals surface area contributed by atoms with Gasteiger partial charge < -0.3 is 10.6 Å². The number of rotatable bonds is 6. The summed E-state index contributed by atoms with van der Waals surface area (Å²) in [6.45, 7) is 6.34. The van der Waals surface area contributed by atoms with Gasteiger partial charge in [-0.05, 0) is 45.0 Å². The molecule has 34 heavy (non-hydrogen) atoms. The summed E-state index contributed by atoms with van der Waals surface area (Å²) >= 11 is 0. The molecular weight excluding hydrogens is 432 g/mol. The molecule has 0 radical (unpaired) electrons. The zero-order chi connectivity index (χ0) is 24.6. The van der Waals surface area contributed by atoms with E-state index in [-0.39, 0.29) is 13.1 Å². The second-order valence-corrected chi connectivity index (χ2v) is 9.02. The number of nitrogens with zero attached hydrogens (tertiary/aromatic N) is 7. The van der Waals surface area contributed by atoms with Crippen LogP contribution in [0.25, 0.3) is 22.2 Å². The van der Waals surface area contributed by atoms with Crippen molar-refractivity contribution in [3.63, 3.8) is 0 Å². The number of aromatic nitrogens is 6. The first-order valence-electron chi connectivity index (χ1n) is 10.9. The molecule has 0 aliphatic carbocycles. The Kier molecular flexibility index (Phi) is 5.98. The highest BCUT2D eigenvalue weighted by atomic mass is 16.2. The number of pyridine rings is 2. The third-order valence-corrected chi connectivity index (χ3v) is 5.45. The Balaban J connectivity index is 1.90. The highest BCUT2D eigenvalue weighted by Crippen LogP contribution is 2.20. The van der Waals surface area contributed by atoms with Gasteiger partial charge in [-0.3, -0.25) is 23.5 Å². The average Bonchev–Trinajstić information content (AvgIpc) is 3.18. The number of anilines is 1. The van der Waals surface area contributed by atoms with E-state index in [4.69, 9.17) is 5.73 Å². The second kappa shape index (κ2) is 8.76. The van der Waals surface area contributed by atoms with Gasteiger partial charge in [-0.1, -0.05) is 5.92 Å². The average molecular weight is 461 g/mol. The predicted molar refractivity (Wildman–Crippen MR) is 133 cm³/mol. The molecule has 2 N–H and O–H groups in total. The van der Waals surface area contributed by atoms with Crippen LogP contribution in [0.15, 0.2) is 40.1 Å². The second-order valence-electron chi connectivity index (χ2n) is 9.02. The van der Waals surface area contributed by atoms with E-state index in [9.17, 15) is 9.59 Å². The Labute approximate surface area is 196 Å². The molecule has 0 spiro atoms. The topological polar surface area (TPSA) is 117 Å². The molecule has 0 aliphatic heterocycles. The van der Waals surface area contributed by atoms with Gasteiger partial charge >= 0.3 is 5.69 Å². The Morgan fingerprint density at radius 2 is 1.88 bits per heavy atom. The first kappa shape index (κ1) is 23.2. The van der Waals surface area contributed by atoms with Crippen LogP contribution < -0.4 is 21.9 Å². The Bertz CT molecular complexity index is 1560. The van der Waals surface area contributed by atoms with E-state index in [2.05, 4.69) is 26.8 Å². The lowest BCUT2D eigenvalue weighted by molar-refractivity contribution is 0.512. The largest absolute Gasteiger partial charge is 0.343 e. The summed E-state index contributed by atoms with van der Waals surface area (Å²) in [4.78, 5) is 42.2. The molecule has 4 aromatic rings. The summed E-state index contributed by atoms with van der Waals surface area (Å²) in [6, 6.07) is 7.24. The van der Waals surface area contributed by atoms with Gasteiger partial charge in [-0.15, -0.1) is 5.92 Å². The Hall–Kier alpha value is -3.97. The number of nitrogens with two attached hydrogens (primary N) is 1. The first-order chi connectivity index (χ1) is 16.1. The fourth-order valence-corrected chi connectivity index (χ4v) is 4.03. The van der Waals surface area contributed by atoms with Crippen LogP contribution in [0.3, 0.4) is 0 Å². The molecule has 10 nitrogen and oxygen atoms in total. The lowest BCUT2D eigenvalue weighted by atomic mass is 10.1. The summed E-state index contributed by atoms with van der Waals surface area (Å²) < 4.78 is 4.31. The van der Waals surface area contributed by atoms with Crippen molar-refractivity contribution in [1.29, 1.82) is 0 Å². The molecule has 176 valence electrons. The SMILES string of the molecule is CC#CCn1c(N(C)CC(C)(C)N)nc2c1c(=O)n(Cc1ccc3ncccc3n1)c(=O)n2C. The molecule has 0 amide bonds. The van der Waals surface area contributed by atoms with E-state index in [1.165, 1.54) is 9.13 Å². The van der Waals surface area contributed by atoms with Crippen LogP contribution in [0, 0.1) is 11.8 Å². The van der Waals surface area contributed by atoms with Gasteiger partial charge in [0.15, 0.2) is 11.2 Å². The fourth-order valence-electron chi connectivity index (χ4n) is 4.03. The van der Waals surface area contributed by atoms with Crippen molar-refractivity contribution in [1.82, 2.24) is 28.7 Å². The Morgan fingerprint density at radius 1 is 1.12 bits per heavy atom. The van der Waals surface area contributed by atoms with Crippen molar-refractivity contribution in [2.24, 2.45) is 12.8 Å². The number of hydrogen-bond acceptors (Lipinski definition) is 7. The fraction of sp³-hybridized carbons (Fsp3) is 0.375.